The Balaban J connectivity index is 0.00000364. The van der Waals surface area contributed by atoms with Crippen LogP contribution in [0.5, 0.6) is 0 Å². The molecule has 152 valence electrons. The summed E-state index contributed by atoms with van der Waals surface area (Å²) in [5.74, 6) is 0.938. The molecule has 6 nitrogen and oxygen atoms in total. The van der Waals surface area contributed by atoms with E-state index in [1.165, 1.54) is 6.07 Å². The Bertz CT molecular complexity index is 611. The zero-order valence-electron chi connectivity index (χ0n) is 16.0. The Morgan fingerprint density at radius 1 is 1.30 bits per heavy atom. The summed E-state index contributed by atoms with van der Waals surface area (Å²) in [5, 5.41) is 9.29. The minimum absolute atomic E-state index is 0. The summed E-state index contributed by atoms with van der Waals surface area (Å²) < 4.78 is 18.6. The first-order chi connectivity index (χ1) is 12.6. The van der Waals surface area contributed by atoms with Gasteiger partial charge in [-0.1, -0.05) is 18.2 Å². The van der Waals surface area contributed by atoms with Crippen molar-refractivity contribution in [3.8, 4) is 0 Å². The Hall–Kier alpha value is -1.58. The molecule has 0 spiro atoms. The van der Waals surface area contributed by atoms with Crippen molar-refractivity contribution in [2.75, 3.05) is 26.2 Å². The number of alkyl carbamates (subject to hydrolysis) is 1. The number of carbonyl (C=O) groups is 1. The van der Waals surface area contributed by atoms with Gasteiger partial charge in [-0.25, -0.2) is 9.18 Å². The maximum atomic E-state index is 13.7. The molecule has 1 atom stereocenters. The van der Waals surface area contributed by atoms with Crippen LogP contribution in [0.1, 0.15) is 32.3 Å². The number of hydrogen-bond acceptors (Lipinski definition) is 3. The highest BCUT2D eigenvalue weighted by atomic mass is 127. The summed E-state index contributed by atoms with van der Waals surface area (Å²) in [6.07, 6.45) is 2.38. The van der Waals surface area contributed by atoms with Crippen LogP contribution in [0.2, 0.25) is 0 Å². The maximum absolute atomic E-state index is 13.7. The minimum atomic E-state index is -0.392. The van der Waals surface area contributed by atoms with E-state index < -0.39 is 6.09 Å². The third-order valence-electron chi connectivity index (χ3n) is 4.20. The van der Waals surface area contributed by atoms with Gasteiger partial charge in [0, 0.05) is 13.1 Å². The second-order valence-electron chi connectivity index (χ2n) is 6.30. The highest BCUT2D eigenvalue weighted by Crippen LogP contribution is 2.32. The summed E-state index contributed by atoms with van der Waals surface area (Å²) in [7, 11) is 0. The van der Waals surface area contributed by atoms with Gasteiger partial charge in [-0.2, -0.15) is 0 Å². The molecule has 27 heavy (non-hydrogen) atoms. The minimum Gasteiger partial charge on any atom is -0.450 e. The van der Waals surface area contributed by atoms with Gasteiger partial charge in [-0.3, -0.25) is 4.99 Å². The number of ether oxygens (including phenoxy) is 1. The number of benzene rings is 1. The van der Waals surface area contributed by atoms with Crippen LogP contribution in [0.15, 0.2) is 29.3 Å². The molecule has 1 saturated carbocycles. The lowest BCUT2D eigenvalue weighted by molar-refractivity contribution is 0.147. The van der Waals surface area contributed by atoms with E-state index in [4.69, 9.17) is 4.74 Å². The van der Waals surface area contributed by atoms with Gasteiger partial charge in [0.25, 0.3) is 0 Å². The largest absolute Gasteiger partial charge is 0.450 e. The van der Waals surface area contributed by atoms with Gasteiger partial charge < -0.3 is 20.7 Å². The SMILES string of the molecule is CCNC(=NCC(NC(=O)OCC)C1CC1)NCCc1ccccc1F.I. The molecule has 1 aliphatic rings. The van der Waals surface area contributed by atoms with E-state index >= 15 is 0 Å². The zero-order valence-corrected chi connectivity index (χ0v) is 18.3. The molecular formula is C19H30FIN4O2. The number of halogens is 2. The van der Waals surface area contributed by atoms with Crippen molar-refractivity contribution in [3.63, 3.8) is 0 Å². The summed E-state index contributed by atoms with van der Waals surface area (Å²) in [6.45, 7) is 5.91. The molecule has 0 bridgehead atoms. The Kier molecular flexibility index (Phi) is 11.1. The topological polar surface area (TPSA) is 74.8 Å². The van der Waals surface area contributed by atoms with Gasteiger partial charge in [0.15, 0.2) is 5.96 Å². The molecule has 1 unspecified atom stereocenters. The number of carbonyl (C=O) groups excluding carboxylic acids is 1. The fourth-order valence-electron chi connectivity index (χ4n) is 2.68. The number of nitrogens with one attached hydrogen (secondary N) is 3. The lowest BCUT2D eigenvalue weighted by Gasteiger charge is -2.17. The van der Waals surface area contributed by atoms with Gasteiger partial charge in [0.05, 0.1) is 19.2 Å². The first kappa shape index (κ1) is 23.5. The van der Waals surface area contributed by atoms with Gasteiger partial charge in [-0.15, -0.1) is 24.0 Å². The Labute approximate surface area is 177 Å². The van der Waals surface area contributed by atoms with Crippen molar-refractivity contribution in [1.82, 2.24) is 16.0 Å². The first-order valence-corrected chi connectivity index (χ1v) is 9.32. The highest BCUT2D eigenvalue weighted by Gasteiger charge is 2.32. The van der Waals surface area contributed by atoms with Gasteiger partial charge in [0.2, 0.25) is 0 Å². The van der Waals surface area contributed by atoms with Crippen LogP contribution >= 0.6 is 24.0 Å². The molecule has 2 rings (SSSR count). The van der Waals surface area contributed by atoms with Crippen molar-refractivity contribution in [2.24, 2.45) is 10.9 Å². The predicted molar refractivity (Wildman–Crippen MR) is 116 cm³/mol. The third kappa shape index (κ3) is 8.77. The van der Waals surface area contributed by atoms with E-state index in [1.54, 1.807) is 19.1 Å². The number of guanidine groups is 1. The second kappa shape index (κ2) is 12.7. The Morgan fingerprint density at radius 3 is 2.67 bits per heavy atom. The molecule has 0 aliphatic heterocycles. The molecule has 1 aromatic rings. The van der Waals surface area contributed by atoms with Crippen LogP contribution < -0.4 is 16.0 Å². The van der Waals surface area contributed by atoms with Crippen molar-refractivity contribution in [1.29, 1.82) is 0 Å². The van der Waals surface area contributed by atoms with Crippen molar-refractivity contribution in [3.05, 3.63) is 35.6 Å². The van der Waals surface area contributed by atoms with Gasteiger partial charge >= 0.3 is 6.09 Å². The smallest absolute Gasteiger partial charge is 0.407 e. The van der Waals surface area contributed by atoms with Crippen molar-refractivity contribution >= 4 is 36.0 Å². The molecule has 1 fully saturated rings. The van der Waals surface area contributed by atoms with Crippen LogP contribution in [0.3, 0.4) is 0 Å². The molecule has 3 N–H and O–H groups in total. The molecule has 1 aliphatic carbocycles. The molecule has 8 heteroatoms. The normalized spacial score (nSPS) is 14.7. The lowest BCUT2D eigenvalue weighted by atomic mass is 10.1. The average molecular weight is 492 g/mol. The van der Waals surface area contributed by atoms with E-state index in [9.17, 15) is 9.18 Å². The monoisotopic (exact) mass is 492 g/mol. The molecule has 1 amide bonds. The highest BCUT2D eigenvalue weighted by molar-refractivity contribution is 14.0. The van der Waals surface area contributed by atoms with Crippen LogP contribution in [0.4, 0.5) is 9.18 Å². The standard InChI is InChI=1S/C19H29FN4O2.HI/c1-3-21-18(22-12-11-14-7-5-6-8-16(14)20)23-13-17(15-9-10-15)24-19(25)26-4-2;/h5-8,15,17H,3-4,9-13H2,1-2H3,(H,24,25)(H2,21,22,23);1H. The van der Waals surface area contributed by atoms with E-state index in [1.807, 2.05) is 13.0 Å². The average Bonchev–Trinajstić information content (AvgIpc) is 3.45. The third-order valence-corrected chi connectivity index (χ3v) is 4.20. The van der Waals surface area contributed by atoms with Crippen molar-refractivity contribution < 1.29 is 13.9 Å². The van der Waals surface area contributed by atoms with Crippen LogP contribution in [-0.2, 0) is 11.2 Å². The summed E-state index contributed by atoms with van der Waals surface area (Å²) in [5.41, 5.74) is 0.677. The number of amides is 1. The fourth-order valence-corrected chi connectivity index (χ4v) is 2.68. The van der Waals surface area contributed by atoms with E-state index in [-0.39, 0.29) is 35.8 Å². The van der Waals surface area contributed by atoms with E-state index in [0.717, 1.165) is 19.4 Å². The summed E-state index contributed by atoms with van der Waals surface area (Å²) in [6, 6.07) is 6.76. The zero-order chi connectivity index (χ0) is 18.8. The quantitative estimate of drug-likeness (QED) is 0.282. The fraction of sp³-hybridized carbons (Fsp3) is 0.579. The van der Waals surface area contributed by atoms with Crippen LogP contribution in [-0.4, -0.2) is 44.3 Å². The van der Waals surface area contributed by atoms with E-state index in [0.29, 0.717) is 43.6 Å². The Morgan fingerprint density at radius 2 is 2.04 bits per heavy atom. The molecule has 1 aromatic carbocycles. The molecule has 0 aromatic heterocycles. The number of aliphatic imine (C=N–C) groups is 1. The van der Waals surface area contributed by atoms with Crippen LogP contribution in [0.25, 0.3) is 0 Å². The number of hydrogen-bond donors (Lipinski definition) is 3. The first-order valence-electron chi connectivity index (χ1n) is 9.32. The maximum Gasteiger partial charge on any atom is 0.407 e. The van der Waals surface area contributed by atoms with Gasteiger partial charge in [-0.05, 0) is 50.7 Å². The lowest BCUT2D eigenvalue weighted by Crippen LogP contribution is -2.42. The number of nitrogens with zero attached hydrogens (tertiary/aromatic N) is 1. The second-order valence-corrected chi connectivity index (χ2v) is 6.30. The molecule has 0 radical (unpaired) electrons. The molecule has 0 heterocycles. The van der Waals surface area contributed by atoms with Crippen LogP contribution in [0, 0.1) is 11.7 Å². The summed E-state index contributed by atoms with van der Waals surface area (Å²) in [4.78, 5) is 16.2. The molecular weight excluding hydrogens is 462 g/mol. The number of rotatable bonds is 9. The van der Waals surface area contributed by atoms with Gasteiger partial charge in [0.1, 0.15) is 5.82 Å². The van der Waals surface area contributed by atoms with Crippen molar-refractivity contribution in [2.45, 2.75) is 39.2 Å². The van der Waals surface area contributed by atoms with E-state index in [2.05, 4.69) is 20.9 Å². The predicted octanol–water partition coefficient (Wildman–Crippen LogP) is 3.07. The molecule has 0 saturated heterocycles. The summed E-state index contributed by atoms with van der Waals surface area (Å²) >= 11 is 0.